The number of hydrogen-bond donors (Lipinski definition) is 0. The largest absolute Gasteiger partial charge is 0.493 e. The molecule has 2 aliphatic rings. The van der Waals surface area contributed by atoms with E-state index in [1.54, 1.807) is 7.11 Å². The zero-order chi connectivity index (χ0) is 20.0. The van der Waals surface area contributed by atoms with Gasteiger partial charge in [0.25, 0.3) is 0 Å². The number of hydrogen-bond acceptors (Lipinski definition) is 4. The molecule has 28 heavy (non-hydrogen) atoms. The van der Waals surface area contributed by atoms with Crippen LogP contribution in [0.4, 0.5) is 4.39 Å². The normalized spacial score (nSPS) is 21.6. The Morgan fingerprint density at radius 1 is 0.964 bits per heavy atom. The molecule has 0 N–H and O–H groups in total. The van der Waals surface area contributed by atoms with Gasteiger partial charge in [-0.3, -0.25) is 4.39 Å². The van der Waals surface area contributed by atoms with Crippen molar-refractivity contribution in [1.82, 2.24) is 0 Å². The van der Waals surface area contributed by atoms with Crippen molar-refractivity contribution in [2.24, 2.45) is 0 Å². The van der Waals surface area contributed by atoms with Gasteiger partial charge < -0.3 is 18.9 Å². The molecule has 1 aromatic rings. The minimum atomic E-state index is -0.572. The molecule has 0 heterocycles. The van der Waals surface area contributed by atoms with E-state index in [1.807, 2.05) is 32.0 Å². The Labute approximate surface area is 168 Å². The summed E-state index contributed by atoms with van der Waals surface area (Å²) < 4.78 is 38.0. The Morgan fingerprint density at radius 2 is 1.61 bits per heavy atom. The van der Waals surface area contributed by atoms with Crippen LogP contribution in [0.2, 0.25) is 0 Å². The molecular weight excluding hydrogens is 359 g/mol. The lowest BCUT2D eigenvalue weighted by Crippen LogP contribution is -2.46. The third-order valence-corrected chi connectivity index (χ3v) is 6.41. The fourth-order valence-electron chi connectivity index (χ4n) is 4.75. The van der Waals surface area contributed by atoms with E-state index in [2.05, 4.69) is 0 Å². The second-order valence-electron chi connectivity index (χ2n) is 8.08. The highest BCUT2D eigenvalue weighted by atomic mass is 19.1. The second kappa shape index (κ2) is 9.45. The van der Waals surface area contributed by atoms with E-state index in [1.165, 1.54) is 12.8 Å². The summed E-state index contributed by atoms with van der Waals surface area (Å²) in [5.74, 6) is 0.891. The van der Waals surface area contributed by atoms with Gasteiger partial charge >= 0.3 is 0 Å². The van der Waals surface area contributed by atoms with Crippen molar-refractivity contribution in [2.45, 2.75) is 82.5 Å². The quantitative estimate of drug-likeness (QED) is 0.513. The molecule has 3 rings (SSSR count). The molecule has 0 aromatic heterocycles. The Morgan fingerprint density at radius 3 is 2.14 bits per heavy atom. The van der Waals surface area contributed by atoms with E-state index in [9.17, 15) is 4.39 Å². The van der Waals surface area contributed by atoms with Crippen LogP contribution >= 0.6 is 0 Å². The predicted molar refractivity (Wildman–Crippen MR) is 108 cm³/mol. The van der Waals surface area contributed by atoms with Gasteiger partial charge in [0.05, 0.1) is 19.9 Å². The fraction of sp³-hybridized carbons (Fsp3) is 0.739. The van der Waals surface area contributed by atoms with Crippen LogP contribution in [0, 0.1) is 0 Å². The molecule has 0 spiro atoms. The number of ether oxygens (including phenoxy) is 4. The Bertz CT molecular complexity index is 611. The molecule has 0 unspecified atom stereocenters. The average Bonchev–Trinajstić information content (AvgIpc) is 3.22. The van der Waals surface area contributed by atoms with Crippen LogP contribution in [-0.2, 0) is 14.9 Å². The molecule has 1 aromatic carbocycles. The monoisotopic (exact) mass is 394 g/mol. The summed E-state index contributed by atoms with van der Waals surface area (Å²) in [7, 11) is 1.65. The van der Waals surface area contributed by atoms with E-state index in [0.29, 0.717) is 38.9 Å². The number of rotatable bonds is 9. The van der Waals surface area contributed by atoms with Crippen molar-refractivity contribution in [3.8, 4) is 11.5 Å². The van der Waals surface area contributed by atoms with Crippen LogP contribution in [0.1, 0.15) is 70.8 Å². The lowest BCUT2D eigenvalue weighted by molar-refractivity contribution is -0.254. The highest BCUT2D eigenvalue weighted by Gasteiger charge is 2.45. The first-order valence-corrected chi connectivity index (χ1v) is 10.8. The van der Waals surface area contributed by atoms with Crippen LogP contribution in [0.25, 0.3) is 0 Å². The molecule has 0 saturated heterocycles. The van der Waals surface area contributed by atoms with Crippen LogP contribution in [-0.4, -0.2) is 38.9 Å². The maximum atomic E-state index is 14.4. The number of benzene rings is 1. The first kappa shape index (κ1) is 21.4. The van der Waals surface area contributed by atoms with Crippen molar-refractivity contribution in [1.29, 1.82) is 0 Å². The lowest BCUT2D eigenvalue weighted by Gasteiger charge is -2.45. The highest BCUT2D eigenvalue weighted by molar-refractivity contribution is 5.46. The third-order valence-electron chi connectivity index (χ3n) is 6.41. The van der Waals surface area contributed by atoms with Gasteiger partial charge in [0.1, 0.15) is 0 Å². The zero-order valence-corrected chi connectivity index (χ0v) is 17.6. The summed E-state index contributed by atoms with van der Waals surface area (Å²) >= 11 is 0. The van der Waals surface area contributed by atoms with Crippen LogP contribution in [0.3, 0.4) is 0 Å². The molecule has 4 nitrogen and oxygen atoms in total. The summed E-state index contributed by atoms with van der Waals surface area (Å²) in [6.45, 7) is 4.77. The summed E-state index contributed by atoms with van der Waals surface area (Å²) in [4.78, 5) is 0. The molecule has 0 radical (unpaired) electrons. The smallest absolute Gasteiger partial charge is 0.168 e. The molecule has 0 aliphatic heterocycles. The Kier molecular flexibility index (Phi) is 7.21. The average molecular weight is 395 g/mol. The van der Waals surface area contributed by atoms with E-state index in [0.717, 1.165) is 29.9 Å². The maximum absolute atomic E-state index is 14.4. The van der Waals surface area contributed by atoms with Crippen LogP contribution < -0.4 is 9.47 Å². The minimum absolute atomic E-state index is 0.236. The first-order chi connectivity index (χ1) is 13.6. The van der Waals surface area contributed by atoms with Crippen molar-refractivity contribution < 1.29 is 23.3 Å². The highest BCUT2D eigenvalue weighted by Crippen LogP contribution is 2.47. The minimum Gasteiger partial charge on any atom is -0.493 e. The summed E-state index contributed by atoms with van der Waals surface area (Å²) in [5, 5.41) is 0. The zero-order valence-electron chi connectivity index (χ0n) is 17.6. The number of alkyl halides is 1. The molecule has 5 heteroatoms. The predicted octanol–water partition coefficient (Wildman–Crippen LogP) is 5.57. The SMILES string of the molecule is CCOC1(OCC)CCC(CF)(c2ccc(OC)c(OC3CCCC3)c2)CC1. The van der Waals surface area contributed by atoms with Crippen LogP contribution in [0.15, 0.2) is 18.2 Å². The Balaban J connectivity index is 1.82. The molecule has 0 amide bonds. The second-order valence-corrected chi connectivity index (χ2v) is 8.08. The molecular formula is C23H35FO4. The van der Waals surface area contributed by atoms with Gasteiger partial charge in [-0.2, -0.15) is 0 Å². The van der Waals surface area contributed by atoms with Crippen molar-refractivity contribution in [3.63, 3.8) is 0 Å². The molecule has 0 bridgehead atoms. The van der Waals surface area contributed by atoms with Gasteiger partial charge in [0, 0.05) is 31.5 Å². The van der Waals surface area contributed by atoms with Gasteiger partial charge in [0.15, 0.2) is 17.3 Å². The molecule has 2 fully saturated rings. The van der Waals surface area contributed by atoms with Crippen LogP contribution in [0.5, 0.6) is 11.5 Å². The van der Waals surface area contributed by atoms with Gasteiger partial charge in [0.2, 0.25) is 0 Å². The fourth-order valence-corrected chi connectivity index (χ4v) is 4.75. The number of halogens is 1. The van der Waals surface area contributed by atoms with Gasteiger partial charge in [-0.1, -0.05) is 6.07 Å². The van der Waals surface area contributed by atoms with Gasteiger partial charge in [-0.25, -0.2) is 0 Å². The topological polar surface area (TPSA) is 36.9 Å². The van der Waals surface area contributed by atoms with E-state index >= 15 is 0 Å². The molecule has 0 atom stereocenters. The summed E-state index contributed by atoms with van der Waals surface area (Å²) in [6.07, 6.45) is 7.58. The lowest BCUT2D eigenvalue weighted by atomic mass is 9.68. The number of methoxy groups -OCH3 is 1. The summed E-state index contributed by atoms with van der Waals surface area (Å²) in [6, 6.07) is 5.92. The van der Waals surface area contributed by atoms with Crippen molar-refractivity contribution in [3.05, 3.63) is 23.8 Å². The Hall–Kier alpha value is -1.33. The van der Waals surface area contributed by atoms with Crippen molar-refractivity contribution in [2.75, 3.05) is 27.0 Å². The van der Waals surface area contributed by atoms with E-state index in [-0.39, 0.29) is 6.10 Å². The standard InChI is InChI=1S/C23H35FO4/c1-4-26-23(27-5-2)14-12-22(17-24,13-15-23)18-10-11-20(25-3)21(16-18)28-19-8-6-7-9-19/h10-11,16,19H,4-9,12-15,17H2,1-3H3. The van der Waals surface area contributed by atoms with E-state index < -0.39 is 17.9 Å². The van der Waals surface area contributed by atoms with Crippen molar-refractivity contribution >= 4 is 0 Å². The van der Waals surface area contributed by atoms with Gasteiger partial charge in [-0.05, 0) is 70.1 Å². The first-order valence-electron chi connectivity index (χ1n) is 10.8. The molecule has 2 saturated carbocycles. The summed E-state index contributed by atoms with van der Waals surface area (Å²) in [5.41, 5.74) is 0.475. The van der Waals surface area contributed by atoms with Gasteiger partial charge in [-0.15, -0.1) is 0 Å². The maximum Gasteiger partial charge on any atom is 0.168 e. The third kappa shape index (κ3) is 4.46. The van der Waals surface area contributed by atoms with E-state index in [4.69, 9.17) is 18.9 Å². The molecule has 2 aliphatic carbocycles. The molecule has 158 valence electrons.